The topological polar surface area (TPSA) is 83.2 Å². The molecule has 2 rings (SSSR count). The minimum Gasteiger partial charge on any atom is -0.368 e. The molecule has 9 heteroatoms. The minimum absolute atomic E-state index is 0.149. The van der Waals surface area contributed by atoms with Crippen molar-refractivity contribution in [1.29, 1.82) is 0 Å². The number of nitrogens with zero attached hydrogens (tertiary/aromatic N) is 4. The first-order chi connectivity index (χ1) is 10.9. The highest BCUT2D eigenvalue weighted by molar-refractivity contribution is 6.01. The van der Waals surface area contributed by atoms with Crippen LogP contribution in [-0.4, -0.2) is 36.3 Å². The Morgan fingerprint density at radius 1 is 1.04 bits per heavy atom. The molecule has 1 fully saturated rings. The van der Waals surface area contributed by atoms with E-state index in [1.165, 1.54) is 0 Å². The van der Waals surface area contributed by atoms with Crippen LogP contribution in [-0.2, 0) is 0 Å². The van der Waals surface area contributed by atoms with Crippen LogP contribution in [0.4, 0.5) is 18.9 Å². The van der Waals surface area contributed by atoms with Crippen LogP contribution in [0.2, 0.25) is 0 Å². The normalized spacial score (nSPS) is 18.0. The number of hydrogen-bond donors (Lipinski definition) is 2. The van der Waals surface area contributed by atoms with Gasteiger partial charge in [0.15, 0.2) is 0 Å². The van der Waals surface area contributed by atoms with Crippen molar-refractivity contribution < 1.29 is 13.2 Å². The van der Waals surface area contributed by atoms with Crippen molar-refractivity contribution >= 4 is 17.6 Å². The molecular formula is C14H19F3N6. The Morgan fingerprint density at radius 3 is 2.22 bits per heavy atom. The van der Waals surface area contributed by atoms with E-state index >= 15 is 0 Å². The molecule has 0 bridgehead atoms. The van der Waals surface area contributed by atoms with E-state index in [2.05, 4.69) is 9.98 Å². The number of hydrazine groups is 1. The number of guanidine groups is 2. The van der Waals surface area contributed by atoms with Gasteiger partial charge in [-0.25, -0.2) is 10.0 Å². The monoisotopic (exact) mass is 328 g/mol. The van der Waals surface area contributed by atoms with E-state index in [0.29, 0.717) is 5.69 Å². The fraction of sp³-hybridized carbons (Fsp3) is 0.429. The summed E-state index contributed by atoms with van der Waals surface area (Å²) in [5, 5.41) is 3.52. The Kier molecular flexibility index (Phi) is 5.43. The van der Waals surface area contributed by atoms with Crippen LogP contribution in [0.25, 0.3) is 0 Å². The molecule has 1 aliphatic heterocycles. The number of aliphatic imine (C=N–C) groups is 2. The number of hydrogen-bond acceptors (Lipinski definition) is 2. The summed E-state index contributed by atoms with van der Waals surface area (Å²) in [6.07, 6.45) is -1.73. The summed E-state index contributed by atoms with van der Waals surface area (Å²) in [4.78, 5) is 5.95. The predicted octanol–water partition coefficient (Wildman–Crippen LogP) is 2.04. The van der Waals surface area contributed by atoms with E-state index in [1.807, 2.05) is 23.2 Å². The summed E-state index contributed by atoms with van der Waals surface area (Å²) in [5.41, 5.74) is 11.8. The fourth-order valence-electron chi connectivity index (χ4n) is 2.41. The van der Waals surface area contributed by atoms with Gasteiger partial charge >= 0.3 is 6.30 Å². The van der Waals surface area contributed by atoms with Gasteiger partial charge in [0.25, 0.3) is 0 Å². The predicted molar refractivity (Wildman–Crippen MR) is 83.6 cm³/mol. The summed E-state index contributed by atoms with van der Waals surface area (Å²) >= 11 is 0. The van der Waals surface area contributed by atoms with Gasteiger partial charge in [0.1, 0.15) is 0 Å². The summed E-state index contributed by atoms with van der Waals surface area (Å²) in [6.45, 7) is 1.48. The quantitative estimate of drug-likeness (QED) is 0.494. The lowest BCUT2D eigenvalue weighted by Crippen LogP contribution is -2.52. The van der Waals surface area contributed by atoms with E-state index in [1.54, 1.807) is 17.1 Å². The van der Waals surface area contributed by atoms with Gasteiger partial charge < -0.3 is 11.5 Å². The number of benzene rings is 1. The Morgan fingerprint density at radius 2 is 1.65 bits per heavy atom. The molecule has 0 amide bonds. The minimum atomic E-state index is -4.78. The lowest BCUT2D eigenvalue weighted by atomic mass is 10.1. The number of nitrogens with two attached hydrogens (primary N) is 2. The van der Waals surface area contributed by atoms with E-state index in [9.17, 15) is 13.2 Å². The molecule has 0 spiro atoms. The molecule has 0 aliphatic carbocycles. The molecule has 4 N–H and O–H groups in total. The van der Waals surface area contributed by atoms with Crippen LogP contribution in [0.1, 0.15) is 19.3 Å². The zero-order valence-electron chi connectivity index (χ0n) is 12.5. The molecule has 0 radical (unpaired) electrons. The smallest absolute Gasteiger partial charge is 0.368 e. The van der Waals surface area contributed by atoms with Crippen LogP contribution in [0, 0.1) is 0 Å². The first-order valence-electron chi connectivity index (χ1n) is 7.23. The van der Waals surface area contributed by atoms with Crippen molar-refractivity contribution in [2.24, 2.45) is 21.5 Å². The van der Waals surface area contributed by atoms with Gasteiger partial charge in [-0.15, -0.1) is 18.2 Å². The van der Waals surface area contributed by atoms with Crippen LogP contribution in [0.5, 0.6) is 0 Å². The molecule has 0 atom stereocenters. The number of para-hydroxylation sites is 1. The molecule has 0 unspecified atom stereocenters. The summed E-state index contributed by atoms with van der Waals surface area (Å²) in [5.74, 6) is -1.07. The van der Waals surface area contributed by atoms with Crippen LogP contribution >= 0.6 is 0 Å². The Hall–Kier alpha value is -2.29. The number of rotatable bonds is 2. The molecule has 6 nitrogen and oxygen atoms in total. The highest BCUT2D eigenvalue weighted by atomic mass is 19.4. The van der Waals surface area contributed by atoms with Gasteiger partial charge in [-0.05, 0) is 25.0 Å². The van der Waals surface area contributed by atoms with Crippen molar-refractivity contribution in [3.63, 3.8) is 0 Å². The Bertz CT molecular complexity index is 564. The summed E-state index contributed by atoms with van der Waals surface area (Å²) < 4.78 is 36.7. The second-order valence-electron chi connectivity index (χ2n) is 5.07. The Balaban J connectivity index is 2.31. The number of halogens is 3. The average molecular weight is 328 g/mol. The van der Waals surface area contributed by atoms with E-state index < -0.39 is 12.3 Å². The van der Waals surface area contributed by atoms with E-state index in [-0.39, 0.29) is 5.96 Å². The van der Waals surface area contributed by atoms with Crippen LogP contribution in [0.3, 0.4) is 0 Å². The molecular weight excluding hydrogens is 309 g/mol. The molecule has 1 aromatic rings. The number of alkyl halides is 3. The standard InChI is InChI=1S/C14H19F3N6/c15-14(16,17)21-12(18)20-13(19)23(11-7-3-1-4-8-11)22-9-5-2-6-10-22/h1,3-4,7-8H,2,5-6,9-10H2,(H4,18,19,20,21). The van der Waals surface area contributed by atoms with Gasteiger partial charge in [-0.3, -0.25) is 0 Å². The second kappa shape index (κ2) is 7.32. The molecule has 1 heterocycles. The molecule has 23 heavy (non-hydrogen) atoms. The third-order valence-corrected chi connectivity index (χ3v) is 3.30. The zero-order valence-corrected chi connectivity index (χ0v) is 12.5. The van der Waals surface area contributed by atoms with Crippen molar-refractivity contribution in [3.05, 3.63) is 30.3 Å². The molecule has 0 aromatic heterocycles. The molecule has 126 valence electrons. The maximum absolute atomic E-state index is 12.2. The van der Waals surface area contributed by atoms with Gasteiger partial charge in [0, 0.05) is 13.1 Å². The van der Waals surface area contributed by atoms with Gasteiger partial charge in [-0.1, -0.05) is 24.6 Å². The molecule has 1 aliphatic rings. The van der Waals surface area contributed by atoms with Crippen molar-refractivity contribution in [1.82, 2.24) is 5.01 Å². The maximum atomic E-state index is 12.2. The maximum Gasteiger partial charge on any atom is 0.506 e. The van der Waals surface area contributed by atoms with Crippen LogP contribution in [0.15, 0.2) is 40.3 Å². The largest absolute Gasteiger partial charge is 0.506 e. The number of piperidine rings is 1. The zero-order chi connectivity index (χ0) is 16.9. The highest BCUT2D eigenvalue weighted by Crippen LogP contribution is 2.20. The summed E-state index contributed by atoms with van der Waals surface area (Å²) in [6, 6.07) is 9.06. The first-order valence-corrected chi connectivity index (χ1v) is 7.23. The van der Waals surface area contributed by atoms with Gasteiger partial charge in [0.2, 0.25) is 11.9 Å². The lowest BCUT2D eigenvalue weighted by Gasteiger charge is -2.37. The SMILES string of the molecule is NC(=NC(F)(F)F)N=C(N)N(c1ccccc1)N1CCCCC1. The summed E-state index contributed by atoms with van der Waals surface area (Å²) in [7, 11) is 0. The molecule has 1 saturated heterocycles. The van der Waals surface area contributed by atoms with Gasteiger partial charge in [-0.2, -0.15) is 4.99 Å². The van der Waals surface area contributed by atoms with Gasteiger partial charge in [0.05, 0.1) is 5.69 Å². The van der Waals surface area contributed by atoms with Crippen molar-refractivity contribution in [2.75, 3.05) is 18.1 Å². The number of anilines is 1. The third kappa shape index (κ3) is 5.13. The molecule has 0 saturated carbocycles. The Labute approximate surface area is 132 Å². The second-order valence-corrected chi connectivity index (χ2v) is 5.07. The fourth-order valence-corrected chi connectivity index (χ4v) is 2.41. The average Bonchev–Trinajstić information content (AvgIpc) is 2.47. The van der Waals surface area contributed by atoms with Crippen LogP contribution < -0.4 is 16.5 Å². The van der Waals surface area contributed by atoms with E-state index in [0.717, 1.165) is 32.4 Å². The van der Waals surface area contributed by atoms with Crippen molar-refractivity contribution in [2.45, 2.75) is 25.6 Å². The first kappa shape index (κ1) is 17.1. The highest BCUT2D eigenvalue weighted by Gasteiger charge is 2.27. The van der Waals surface area contributed by atoms with E-state index in [4.69, 9.17) is 11.5 Å². The van der Waals surface area contributed by atoms with Crippen molar-refractivity contribution in [3.8, 4) is 0 Å². The lowest BCUT2D eigenvalue weighted by molar-refractivity contribution is -0.119. The third-order valence-electron chi connectivity index (χ3n) is 3.30. The molecule has 1 aromatic carbocycles.